The number of alkyl carbamates (subject to hydrolysis) is 1. The Morgan fingerprint density at radius 2 is 1.86 bits per heavy atom. The fraction of sp³-hybridized carbons (Fsp3) is 0.300. The number of carbonyl (C=O) groups excluding carboxylic acids is 2. The lowest BCUT2D eigenvalue weighted by atomic mass is 10.1. The highest BCUT2D eigenvalue weighted by atomic mass is 16.5. The number of amides is 2. The first-order valence-corrected chi connectivity index (χ1v) is 8.97. The number of hydrogen-bond acceptors (Lipinski definition) is 6. The van der Waals surface area contributed by atoms with Gasteiger partial charge in [0.15, 0.2) is 0 Å². The van der Waals surface area contributed by atoms with E-state index in [1.54, 1.807) is 0 Å². The molecule has 0 radical (unpaired) electrons. The molecule has 6 N–H and O–H groups in total. The van der Waals surface area contributed by atoms with Crippen molar-refractivity contribution in [2.75, 3.05) is 19.7 Å². The number of phenolic OH excluding ortho intramolecular Hbond substituents is 2. The second-order valence-electron chi connectivity index (χ2n) is 6.23. The molecular formula is C20H25N3O5. The fourth-order valence-electron chi connectivity index (χ4n) is 2.54. The highest BCUT2D eigenvalue weighted by Gasteiger charge is 2.19. The molecule has 0 aliphatic carbocycles. The number of nitrogens with one attached hydrogen (secondary N) is 2. The Balaban J connectivity index is 2.03. The van der Waals surface area contributed by atoms with Gasteiger partial charge in [-0.1, -0.05) is 30.3 Å². The number of rotatable bonds is 9. The second kappa shape index (κ2) is 10.8. The van der Waals surface area contributed by atoms with Crippen LogP contribution in [0.25, 0.3) is 0 Å². The zero-order chi connectivity index (χ0) is 20.4. The lowest BCUT2D eigenvalue weighted by Gasteiger charge is -2.19. The van der Waals surface area contributed by atoms with Crippen LogP contribution in [0.5, 0.6) is 11.5 Å². The van der Waals surface area contributed by atoms with E-state index in [0.717, 1.165) is 5.56 Å². The van der Waals surface area contributed by atoms with Crippen molar-refractivity contribution in [2.45, 2.75) is 18.9 Å². The first-order valence-electron chi connectivity index (χ1n) is 8.97. The van der Waals surface area contributed by atoms with Crippen molar-refractivity contribution in [3.63, 3.8) is 0 Å². The third-order valence-corrected chi connectivity index (χ3v) is 3.95. The lowest BCUT2D eigenvalue weighted by Crippen LogP contribution is -2.41. The summed E-state index contributed by atoms with van der Waals surface area (Å²) in [6.07, 6.45) is 0.458. The van der Waals surface area contributed by atoms with Gasteiger partial charge in [-0.05, 0) is 43.1 Å². The Labute approximate surface area is 163 Å². The minimum atomic E-state index is -0.596. The van der Waals surface area contributed by atoms with E-state index in [1.165, 1.54) is 18.2 Å². The molecular weight excluding hydrogens is 362 g/mol. The Morgan fingerprint density at radius 3 is 2.57 bits per heavy atom. The number of benzene rings is 2. The molecule has 28 heavy (non-hydrogen) atoms. The normalized spacial score (nSPS) is 11.5. The summed E-state index contributed by atoms with van der Waals surface area (Å²) < 4.78 is 5.20. The minimum absolute atomic E-state index is 0.0608. The number of carbonyl (C=O) groups is 2. The van der Waals surface area contributed by atoms with Crippen molar-refractivity contribution in [3.8, 4) is 11.5 Å². The maximum absolute atomic E-state index is 12.5. The van der Waals surface area contributed by atoms with E-state index in [2.05, 4.69) is 10.6 Å². The van der Waals surface area contributed by atoms with Crippen LogP contribution in [-0.4, -0.2) is 48.0 Å². The van der Waals surface area contributed by atoms with Gasteiger partial charge in [0.05, 0.1) is 11.6 Å². The van der Waals surface area contributed by atoms with Crippen molar-refractivity contribution < 1.29 is 24.5 Å². The van der Waals surface area contributed by atoms with Gasteiger partial charge in [-0.2, -0.15) is 0 Å². The predicted molar refractivity (Wildman–Crippen MR) is 104 cm³/mol. The van der Waals surface area contributed by atoms with Gasteiger partial charge in [0.2, 0.25) is 0 Å². The molecule has 1 atom stereocenters. The highest BCUT2D eigenvalue weighted by molar-refractivity contribution is 5.97. The highest BCUT2D eigenvalue weighted by Crippen LogP contribution is 2.22. The van der Waals surface area contributed by atoms with Crippen LogP contribution >= 0.6 is 0 Å². The van der Waals surface area contributed by atoms with Gasteiger partial charge in [-0.3, -0.25) is 4.79 Å². The summed E-state index contributed by atoms with van der Waals surface area (Å²) in [4.78, 5) is 24.3. The molecule has 0 saturated heterocycles. The van der Waals surface area contributed by atoms with Gasteiger partial charge in [-0.25, -0.2) is 4.79 Å². The van der Waals surface area contributed by atoms with Crippen LogP contribution in [0.1, 0.15) is 22.3 Å². The summed E-state index contributed by atoms with van der Waals surface area (Å²) >= 11 is 0. The molecule has 0 saturated carbocycles. The third kappa shape index (κ3) is 6.81. The quantitative estimate of drug-likeness (QED) is 0.327. The summed E-state index contributed by atoms with van der Waals surface area (Å²) in [5.41, 5.74) is 6.26. The SMILES string of the molecule is NCCCNC(=O)OC[C@H](Cc1ccccc1)NC(=O)c1cc(O)ccc1O. The van der Waals surface area contributed by atoms with Crippen molar-refractivity contribution in [3.05, 3.63) is 59.7 Å². The molecule has 8 nitrogen and oxygen atoms in total. The predicted octanol–water partition coefficient (Wildman–Crippen LogP) is 1.51. The molecule has 2 aromatic carbocycles. The zero-order valence-electron chi connectivity index (χ0n) is 15.4. The summed E-state index contributed by atoms with van der Waals surface area (Å²) in [6.45, 7) is 0.803. The Hall–Kier alpha value is -3.26. The van der Waals surface area contributed by atoms with Crippen LogP contribution in [0, 0.1) is 0 Å². The summed E-state index contributed by atoms with van der Waals surface area (Å²) in [5.74, 6) is -0.978. The van der Waals surface area contributed by atoms with Gasteiger partial charge < -0.3 is 31.3 Å². The number of aromatic hydroxyl groups is 2. The first kappa shape index (κ1) is 21.0. The number of hydrogen-bond donors (Lipinski definition) is 5. The van der Waals surface area contributed by atoms with Gasteiger partial charge in [0, 0.05) is 6.54 Å². The van der Waals surface area contributed by atoms with Crippen LogP contribution < -0.4 is 16.4 Å². The molecule has 2 aromatic rings. The smallest absolute Gasteiger partial charge is 0.407 e. The molecule has 8 heteroatoms. The summed E-state index contributed by atoms with van der Waals surface area (Å²) in [6, 6.07) is 12.6. The van der Waals surface area contributed by atoms with Crippen LogP contribution in [0.15, 0.2) is 48.5 Å². The van der Waals surface area contributed by atoms with Crippen molar-refractivity contribution in [1.82, 2.24) is 10.6 Å². The van der Waals surface area contributed by atoms with Gasteiger partial charge >= 0.3 is 6.09 Å². The average molecular weight is 387 g/mol. The first-order chi connectivity index (χ1) is 13.5. The van der Waals surface area contributed by atoms with Crippen molar-refractivity contribution >= 4 is 12.0 Å². The van der Waals surface area contributed by atoms with Crippen molar-refractivity contribution in [1.29, 1.82) is 0 Å². The molecule has 0 spiro atoms. The van der Waals surface area contributed by atoms with Gasteiger partial charge in [0.1, 0.15) is 18.1 Å². The van der Waals surface area contributed by atoms with E-state index >= 15 is 0 Å². The molecule has 0 unspecified atom stereocenters. The van der Waals surface area contributed by atoms with E-state index in [0.29, 0.717) is 25.9 Å². The maximum atomic E-state index is 12.5. The molecule has 150 valence electrons. The van der Waals surface area contributed by atoms with Gasteiger partial charge in [-0.15, -0.1) is 0 Å². The van der Waals surface area contributed by atoms with E-state index in [-0.39, 0.29) is 23.7 Å². The van der Waals surface area contributed by atoms with Crippen LogP contribution in [0.4, 0.5) is 4.79 Å². The van der Waals surface area contributed by atoms with E-state index in [9.17, 15) is 19.8 Å². The summed E-state index contributed by atoms with van der Waals surface area (Å²) in [5, 5.41) is 24.7. The number of nitrogens with two attached hydrogens (primary N) is 1. The topological polar surface area (TPSA) is 134 Å². The molecule has 0 aliphatic heterocycles. The number of phenols is 2. The lowest BCUT2D eigenvalue weighted by molar-refractivity contribution is 0.0889. The molecule has 0 aromatic heterocycles. The monoisotopic (exact) mass is 387 g/mol. The molecule has 0 aliphatic rings. The average Bonchev–Trinajstić information content (AvgIpc) is 2.69. The van der Waals surface area contributed by atoms with Crippen molar-refractivity contribution in [2.24, 2.45) is 5.73 Å². The van der Waals surface area contributed by atoms with E-state index < -0.39 is 18.0 Å². The Bertz CT molecular complexity index is 783. The number of ether oxygens (including phenoxy) is 1. The van der Waals surface area contributed by atoms with Gasteiger partial charge in [0.25, 0.3) is 5.91 Å². The Kier molecular flexibility index (Phi) is 8.11. The third-order valence-electron chi connectivity index (χ3n) is 3.95. The standard InChI is InChI=1S/C20H25N3O5/c21-9-4-10-22-20(27)28-13-15(11-14-5-2-1-3-6-14)23-19(26)17-12-16(24)7-8-18(17)25/h1-3,5-8,12,15,24-25H,4,9-11,13,21H2,(H,22,27)(H,23,26)/t15-/m0/s1. The molecule has 0 bridgehead atoms. The molecule has 0 heterocycles. The minimum Gasteiger partial charge on any atom is -0.508 e. The van der Waals surface area contributed by atoms with Crippen LogP contribution in [0.2, 0.25) is 0 Å². The fourth-order valence-corrected chi connectivity index (χ4v) is 2.54. The molecule has 2 rings (SSSR count). The van der Waals surface area contributed by atoms with Crippen LogP contribution in [-0.2, 0) is 11.2 Å². The maximum Gasteiger partial charge on any atom is 0.407 e. The molecule has 2 amide bonds. The second-order valence-corrected chi connectivity index (χ2v) is 6.23. The van der Waals surface area contributed by atoms with Crippen LogP contribution in [0.3, 0.4) is 0 Å². The molecule has 0 fully saturated rings. The zero-order valence-corrected chi connectivity index (χ0v) is 15.4. The van der Waals surface area contributed by atoms with E-state index in [1.807, 2.05) is 30.3 Å². The largest absolute Gasteiger partial charge is 0.508 e. The Morgan fingerprint density at radius 1 is 1.11 bits per heavy atom. The summed E-state index contributed by atoms with van der Waals surface area (Å²) in [7, 11) is 0. The van der Waals surface area contributed by atoms with E-state index in [4.69, 9.17) is 10.5 Å².